The first-order chi connectivity index (χ1) is 12.6. The molecule has 2 aromatic heterocycles. The van der Waals surface area contributed by atoms with E-state index in [1.807, 2.05) is 20.8 Å². The molecule has 0 aliphatic carbocycles. The lowest BCUT2D eigenvalue weighted by molar-refractivity contribution is -0.115. The number of anilines is 2. The highest BCUT2D eigenvalue weighted by Gasteiger charge is 2.25. The fourth-order valence-corrected chi connectivity index (χ4v) is 3.16. The van der Waals surface area contributed by atoms with E-state index in [0.29, 0.717) is 33.4 Å². The van der Waals surface area contributed by atoms with Crippen molar-refractivity contribution in [1.29, 1.82) is 0 Å². The van der Waals surface area contributed by atoms with Crippen LogP contribution in [0.4, 0.5) is 11.4 Å². The molecule has 0 radical (unpaired) electrons. The Bertz CT molecular complexity index is 1040. The maximum atomic E-state index is 11.5. The molecule has 0 fully saturated rings. The number of fused-ring (bicyclic) bond motifs is 1. The number of nitrogens with zero attached hydrogens (tertiary/aromatic N) is 3. The Kier molecular flexibility index (Phi) is 4.69. The van der Waals surface area contributed by atoms with Gasteiger partial charge in [-0.1, -0.05) is 32.4 Å². The van der Waals surface area contributed by atoms with Crippen molar-refractivity contribution in [2.75, 3.05) is 10.6 Å². The number of rotatable bonds is 3. The Morgan fingerprint density at radius 2 is 1.78 bits per heavy atom. The number of benzene rings is 1. The molecular formula is C18H21ClN6O2. The van der Waals surface area contributed by atoms with Gasteiger partial charge >= 0.3 is 0 Å². The molecule has 0 aliphatic rings. The molecule has 0 aliphatic heterocycles. The molecule has 0 bridgehead atoms. The zero-order chi connectivity index (χ0) is 19.9. The first-order valence-corrected chi connectivity index (χ1v) is 8.78. The minimum Gasteiger partial charge on any atom is -0.326 e. The van der Waals surface area contributed by atoms with Gasteiger partial charge in [-0.15, -0.1) is 9.73 Å². The summed E-state index contributed by atoms with van der Waals surface area (Å²) in [6.45, 7) is 8.91. The lowest BCUT2D eigenvalue weighted by Crippen LogP contribution is -2.13. The van der Waals surface area contributed by atoms with Crippen LogP contribution in [-0.4, -0.2) is 31.6 Å². The van der Waals surface area contributed by atoms with Crippen LogP contribution < -0.4 is 10.6 Å². The van der Waals surface area contributed by atoms with Crippen LogP contribution in [0.3, 0.4) is 0 Å². The van der Waals surface area contributed by atoms with E-state index >= 15 is 0 Å². The van der Waals surface area contributed by atoms with Gasteiger partial charge in [0.1, 0.15) is 5.02 Å². The second-order valence-electron chi connectivity index (χ2n) is 7.35. The minimum absolute atomic E-state index is 0.194. The lowest BCUT2D eigenvalue weighted by atomic mass is 9.92. The molecule has 9 heteroatoms. The Morgan fingerprint density at radius 3 is 2.33 bits per heavy atom. The molecule has 0 saturated heterocycles. The maximum absolute atomic E-state index is 11.5. The second-order valence-corrected chi connectivity index (χ2v) is 7.72. The minimum atomic E-state index is -0.224. The first kappa shape index (κ1) is 18.9. The number of carbonyl (C=O) groups is 2. The molecule has 0 spiro atoms. The van der Waals surface area contributed by atoms with Crippen molar-refractivity contribution >= 4 is 40.4 Å². The van der Waals surface area contributed by atoms with E-state index in [0.717, 1.165) is 5.69 Å². The van der Waals surface area contributed by atoms with Gasteiger partial charge in [-0.3, -0.25) is 9.59 Å². The number of aromatic nitrogens is 4. The Labute approximate surface area is 161 Å². The van der Waals surface area contributed by atoms with E-state index in [2.05, 4.69) is 25.8 Å². The van der Waals surface area contributed by atoms with Gasteiger partial charge in [-0.2, -0.15) is 5.10 Å². The molecule has 2 heterocycles. The molecule has 3 N–H and O–H groups in total. The molecule has 3 rings (SSSR count). The molecule has 0 saturated carbocycles. The van der Waals surface area contributed by atoms with E-state index in [1.54, 1.807) is 18.2 Å². The topological polar surface area (TPSA) is 104 Å². The molecule has 0 atom stereocenters. The zero-order valence-electron chi connectivity index (χ0n) is 15.8. The summed E-state index contributed by atoms with van der Waals surface area (Å²) in [5, 5.41) is 14.9. The van der Waals surface area contributed by atoms with E-state index in [4.69, 9.17) is 11.6 Å². The maximum Gasteiger partial charge on any atom is 0.221 e. The van der Waals surface area contributed by atoms with Crippen molar-refractivity contribution in [1.82, 2.24) is 19.8 Å². The van der Waals surface area contributed by atoms with Crippen LogP contribution in [0.25, 0.3) is 17.0 Å². The number of hydrogen-bond acceptors (Lipinski definition) is 4. The monoisotopic (exact) mass is 388 g/mol. The van der Waals surface area contributed by atoms with E-state index in [-0.39, 0.29) is 17.2 Å². The van der Waals surface area contributed by atoms with Gasteiger partial charge in [0, 0.05) is 30.5 Å². The Hall–Kier alpha value is -2.87. The summed E-state index contributed by atoms with van der Waals surface area (Å²) in [5.41, 5.74) is 2.83. The van der Waals surface area contributed by atoms with E-state index in [1.165, 1.54) is 18.5 Å². The van der Waals surface area contributed by atoms with Gasteiger partial charge in [-0.05, 0) is 18.2 Å². The van der Waals surface area contributed by atoms with Crippen molar-refractivity contribution < 1.29 is 9.59 Å². The van der Waals surface area contributed by atoms with Crippen LogP contribution in [0, 0.1) is 0 Å². The standard InChI is InChI=1S/C18H21ClN6O2/c1-9(26)20-11-6-7-13(21-10(2)27)12(8-11)16-22-17-14(19)15(18(3,4)5)23-25(17)24-16/h6-8H,1-5H3,(H,20,26)(H,21,27)(H,22,24). The van der Waals surface area contributed by atoms with Crippen LogP contribution in [0.2, 0.25) is 5.02 Å². The van der Waals surface area contributed by atoms with Gasteiger partial charge < -0.3 is 15.6 Å². The van der Waals surface area contributed by atoms with Crippen molar-refractivity contribution in [2.24, 2.45) is 0 Å². The Balaban J connectivity index is 2.13. The molecule has 142 valence electrons. The molecule has 0 unspecified atom stereocenters. The third-order valence-corrected chi connectivity index (χ3v) is 4.22. The fraction of sp³-hybridized carbons (Fsp3) is 0.333. The summed E-state index contributed by atoms with van der Waals surface area (Å²) in [7, 11) is 0. The third kappa shape index (κ3) is 3.80. The highest BCUT2D eigenvalue weighted by atomic mass is 35.5. The molecule has 8 nitrogen and oxygen atoms in total. The fourth-order valence-electron chi connectivity index (χ4n) is 2.72. The van der Waals surface area contributed by atoms with Crippen molar-refractivity contribution in [3.8, 4) is 11.4 Å². The number of nitrogens with one attached hydrogen (secondary N) is 3. The summed E-state index contributed by atoms with van der Waals surface area (Å²) >= 11 is 6.49. The van der Waals surface area contributed by atoms with Gasteiger partial charge in [-0.25, -0.2) is 0 Å². The second kappa shape index (κ2) is 6.70. The predicted molar refractivity (Wildman–Crippen MR) is 105 cm³/mol. The third-order valence-electron chi connectivity index (χ3n) is 3.86. The van der Waals surface area contributed by atoms with Crippen molar-refractivity contribution in [2.45, 2.75) is 40.0 Å². The summed E-state index contributed by atoms with van der Waals surface area (Å²) in [6, 6.07) is 5.13. The quantitative estimate of drug-likeness (QED) is 0.637. The van der Waals surface area contributed by atoms with Crippen LogP contribution >= 0.6 is 11.6 Å². The van der Waals surface area contributed by atoms with Gasteiger partial charge in [0.05, 0.1) is 11.4 Å². The van der Waals surface area contributed by atoms with Crippen LogP contribution in [0.5, 0.6) is 0 Å². The first-order valence-electron chi connectivity index (χ1n) is 8.41. The SMILES string of the molecule is CC(=O)Nc1ccc(NC(C)=O)c(-c2nn3nc(C(C)(C)C)c(Cl)c3[nH]2)c1. The molecular weight excluding hydrogens is 368 g/mol. The number of H-pyrrole nitrogens is 1. The van der Waals surface area contributed by atoms with E-state index < -0.39 is 0 Å². The Morgan fingerprint density at radius 1 is 1.11 bits per heavy atom. The normalized spacial score (nSPS) is 11.6. The smallest absolute Gasteiger partial charge is 0.221 e. The number of halogens is 1. The van der Waals surface area contributed by atoms with E-state index in [9.17, 15) is 9.59 Å². The molecule has 27 heavy (non-hydrogen) atoms. The number of amides is 2. The molecule has 3 aromatic rings. The summed E-state index contributed by atoms with van der Waals surface area (Å²) < 4.78 is 1.45. The van der Waals surface area contributed by atoms with Gasteiger partial charge in [0.25, 0.3) is 0 Å². The summed E-state index contributed by atoms with van der Waals surface area (Å²) in [6.07, 6.45) is 0. The zero-order valence-corrected chi connectivity index (χ0v) is 16.5. The van der Waals surface area contributed by atoms with Crippen LogP contribution in [-0.2, 0) is 15.0 Å². The average molecular weight is 389 g/mol. The van der Waals surface area contributed by atoms with Gasteiger partial charge in [0.2, 0.25) is 11.8 Å². The predicted octanol–water partition coefficient (Wildman–Crippen LogP) is 3.59. The molecule has 2 amide bonds. The summed E-state index contributed by atoms with van der Waals surface area (Å²) in [4.78, 5) is 26.1. The van der Waals surface area contributed by atoms with Crippen LogP contribution in [0.15, 0.2) is 18.2 Å². The van der Waals surface area contributed by atoms with Crippen molar-refractivity contribution in [3.05, 3.63) is 28.9 Å². The highest BCUT2D eigenvalue weighted by Crippen LogP contribution is 2.34. The highest BCUT2D eigenvalue weighted by molar-refractivity contribution is 6.34. The molecule has 1 aromatic carbocycles. The van der Waals surface area contributed by atoms with Crippen LogP contribution in [0.1, 0.15) is 40.3 Å². The van der Waals surface area contributed by atoms with Gasteiger partial charge in [0.15, 0.2) is 11.5 Å². The average Bonchev–Trinajstić information content (AvgIpc) is 3.07. The lowest BCUT2D eigenvalue weighted by Gasteiger charge is -2.14. The number of aromatic amines is 1. The number of hydrogen-bond donors (Lipinski definition) is 3. The summed E-state index contributed by atoms with van der Waals surface area (Å²) in [5.74, 6) is 0.0593. The largest absolute Gasteiger partial charge is 0.326 e. The number of carbonyl (C=O) groups excluding carboxylic acids is 2. The van der Waals surface area contributed by atoms with Crippen molar-refractivity contribution in [3.63, 3.8) is 0 Å².